The molecular formula is C13H14N2O4. The van der Waals surface area contributed by atoms with Crippen LogP contribution >= 0.6 is 0 Å². The number of amides is 4. The van der Waals surface area contributed by atoms with E-state index in [0.29, 0.717) is 0 Å². The van der Waals surface area contributed by atoms with Gasteiger partial charge in [0.1, 0.15) is 0 Å². The lowest BCUT2D eigenvalue weighted by Crippen LogP contribution is -2.46. The summed E-state index contributed by atoms with van der Waals surface area (Å²) in [6.07, 6.45) is 4.86. The SMILES string of the molecule is CC(C)(CN1C(=O)C=CC1=O)CN1C(=O)C=CC1=O. The van der Waals surface area contributed by atoms with Crippen molar-refractivity contribution >= 4 is 23.6 Å². The standard InChI is InChI=1S/C13H14N2O4/c1-13(2,7-14-9(16)3-4-10(14)17)8-15-11(18)5-6-12(15)19/h3-6H,7-8H2,1-2H3. The Morgan fingerprint density at radius 1 is 0.737 bits per heavy atom. The van der Waals surface area contributed by atoms with E-state index < -0.39 is 5.41 Å². The van der Waals surface area contributed by atoms with E-state index in [1.165, 1.54) is 24.3 Å². The van der Waals surface area contributed by atoms with Crippen molar-refractivity contribution in [3.05, 3.63) is 24.3 Å². The lowest BCUT2D eigenvalue weighted by atomic mass is 9.92. The van der Waals surface area contributed by atoms with E-state index >= 15 is 0 Å². The Kier molecular flexibility index (Phi) is 3.09. The van der Waals surface area contributed by atoms with Gasteiger partial charge in [0.25, 0.3) is 23.6 Å². The molecule has 0 aromatic carbocycles. The molecule has 0 saturated heterocycles. The summed E-state index contributed by atoms with van der Waals surface area (Å²) < 4.78 is 0. The molecule has 19 heavy (non-hydrogen) atoms. The Labute approximate surface area is 110 Å². The minimum absolute atomic E-state index is 0.161. The topological polar surface area (TPSA) is 74.8 Å². The van der Waals surface area contributed by atoms with E-state index in [1.807, 2.05) is 0 Å². The predicted octanol–water partition coefficient (Wildman–Crippen LogP) is -0.137. The third-order valence-electron chi connectivity index (χ3n) is 2.97. The monoisotopic (exact) mass is 262 g/mol. The van der Waals surface area contributed by atoms with Crippen molar-refractivity contribution < 1.29 is 19.2 Å². The third kappa shape index (κ3) is 2.62. The number of hydrogen-bond acceptors (Lipinski definition) is 4. The van der Waals surface area contributed by atoms with Crippen molar-refractivity contribution in [3.8, 4) is 0 Å². The van der Waals surface area contributed by atoms with Crippen LogP contribution in [0.25, 0.3) is 0 Å². The summed E-state index contributed by atoms with van der Waals surface area (Å²) in [5.74, 6) is -1.46. The molecule has 0 aromatic rings. The van der Waals surface area contributed by atoms with Gasteiger partial charge in [-0.3, -0.25) is 29.0 Å². The fourth-order valence-electron chi connectivity index (χ4n) is 2.08. The van der Waals surface area contributed by atoms with Crippen LogP contribution < -0.4 is 0 Å². The zero-order valence-corrected chi connectivity index (χ0v) is 10.8. The average molecular weight is 262 g/mol. The number of carbonyl (C=O) groups is 4. The highest BCUT2D eigenvalue weighted by molar-refractivity contribution is 6.13. The maximum Gasteiger partial charge on any atom is 0.253 e. The minimum atomic E-state index is -0.561. The Hall–Kier alpha value is -2.24. The van der Waals surface area contributed by atoms with Crippen LogP contribution in [0.5, 0.6) is 0 Å². The highest BCUT2D eigenvalue weighted by Gasteiger charge is 2.35. The number of imide groups is 2. The van der Waals surface area contributed by atoms with Crippen molar-refractivity contribution in [1.29, 1.82) is 0 Å². The molecule has 0 spiro atoms. The number of nitrogens with zero attached hydrogens (tertiary/aromatic N) is 2. The lowest BCUT2D eigenvalue weighted by Gasteiger charge is -2.32. The number of rotatable bonds is 4. The highest BCUT2D eigenvalue weighted by Crippen LogP contribution is 2.22. The van der Waals surface area contributed by atoms with Gasteiger partial charge in [-0.2, -0.15) is 0 Å². The van der Waals surface area contributed by atoms with Gasteiger partial charge in [-0.1, -0.05) is 13.8 Å². The van der Waals surface area contributed by atoms with E-state index in [-0.39, 0.29) is 36.7 Å². The maximum atomic E-state index is 11.5. The molecule has 4 amide bonds. The van der Waals surface area contributed by atoms with Crippen LogP contribution in [0.1, 0.15) is 13.8 Å². The molecule has 0 bridgehead atoms. The van der Waals surface area contributed by atoms with Gasteiger partial charge in [-0.05, 0) is 0 Å². The van der Waals surface area contributed by atoms with Crippen LogP contribution in [0.3, 0.4) is 0 Å². The van der Waals surface area contributed by atoms with Gasteiger partial charge in [0, 0.05) is 42.8 Å². The van der Waals surface area contributed by atoms with E-state index in [4.69, 9.17) is 0 Å². The Balaban J connectivity index is 2.03. The molecule has 2 aliphatic rings. The fourth-order valence-corrected chi connectivity index (χ4v) is 2.08. The second-order valence-corrected chi connectivity index (χ2v) is 5.36. The van der Waals surface area contributed by atoms with E-state index in [9.17, 15) is 19.2 Å². The first-order valence-electron chi connectivity index (χ1n) is 5.87. The minimum Gasteiger partial charge on any atom is -0.275 e. The number of hydrogen-bond donors (Lipinski definition) is 0. The Morgan fingerprint density at radius 3 is 1.26 bits per heavy atom. The molecule has 2 rings (SSSR count). The van der Waals surface area contributed by atoms with Gasteiger partial charge in [-0.15, -0.1) is 0 Å². The molecule has 0 aromatic heterocycles. The van der Waals surface area contributed by atoms with Crippen LogP contribution in [0.15, 0.2) is 24.3 Å². The largest absolute Gasteiger partial charge is 0.275 e. The summed E-state index contributed by atoms with van der Waals surface area (Å²) in [5, 5.41) is 0. The van der Waals surface area contributed by atoms with Crippen LogP contribution in [-0.2, 0) is 19.2 Å². The molecule has 2 aliphatic heterocycles. The van der Waals surface area contributed by atoms with Crippen molar-refractivity contribution in [2.45, 2.75) is 13.8 Å². The Bertz CT molecular complexity index is 449. The highest BCUT2D eigenvalue weighted by atomic mass is 16.2. The van der Waals surface area contributed by atoms with Gasteiger partial charge in [0.15, 0.2) is 0 Å². The normalized spacial score (nSPS) is 19.3. The molecule has 0 radical (unpaired) electrons. The first kappa shape index (κ1) is 13.2. The molecule has 0 saturated carbocycles. The van der Waals surface area contributed by atoms with Gasteiger partial charge >= 0.3 is 0 Å². The summed E-state index contributed by atoms with van der Waals surface area (Å²) in [4.78, 5) is 48.2. The van der Waals surface area contributed by atoms with Crippen LogP contribution in [0.2, 0.25) is 0 Å². The molecule has 6 heteroatoms. The molecular weight excluding hydrogens is 248 g/mol. The second-order valence-electron chi connectivity index (χ2n) is 5.36. The zero-order chi connectivity index (χ0) is 14.2. The van der Waals surface area contributed by atoms with Crippen molar-refractivity contribution in [2.75, 3.05) is 13.1 Å². The van der Waals surface area contributed by atoms with Gasteiger partial charge in [0.05, 0.1) is 0 Å². The molecule has 2 heterocycles. The quantitative estimate of drug-likeness (QED) is 0.661. The first-order chi connectivity index (χ1) is 8.80. The van der Waals surface area contributed by atoms with E-state index in [2.05, 4.69) is 0 Å². The second kappa shape index (κ2) is 4.46. The third-order valence-corrected chi connectivity index (χ3v) is 2.97. The van der Waals surface area contributed by atoms with Crippen molar-refractivity contribution in [2.24, 2.45) is 5.41 Å². The molecule has 0 fully saturated rings. The van der Waals surface area contributed by atoms with Crippen LogP contribution in [0, 0.1) is 5.41 Å². The first-order valence-corrected chi connectivity index (χ1v) is 5.87. The average Bonchev–Trinajstić information content (AvgIpc) is 2.79. The summed E-state index contributed by atoms with van der Waals surface area (Å²) in [5.41, 5.74) is -0.561. The van der Waals surface area contributed by atoms with Gasteiger partial charge < -0.3 is 0 Å². The molecule has 0 N–H and O–H groups in total. The summed E-state index contributed by atoms with van der Waals surface area (Å²) in [7, 11) is 0. The van der Waals surface area contributed by atoms with Crippen molar-refractivity contribution in [1.82, 2.24) is 9.80 Å². The molecule has 6 nitrogen and oxygen atoms in total. The van der Waals surface area contributed by atoms with E-state index in [0.717, 1.165) is 9.80 Å². The van der Waals surface area contributed by atoms with Crippen molar-refractivity contribution in [3.63, 3.8) is 0 Å². The van der Waals surface area contributed by atoms with E-state index in [1.54, 1.807) is 13.8 Å². The van der Waals surface area contributed by atoms with Gasteiger partial charge in [-0.25, -0.2) is 0 Å². The molecule has 0 atom stereocenters. The molecule has 100 valence electrons. The van der Waals surface area contributed by atoms with Gasteiger partial charge in [0.2, 0.25) is 0 Å². The zero-order valence-electron chi connectivity index (χ0n) is 10.8. The van der Waals surface area contributed by atoms with Crippen LogP contribution in [-0.4, -0.2) is 46.5 Å². The van der Waals surface area contributed by atoms with Crippen LogP contribution in [0.4, 0.5) is 0 Å². The number of carbonyl (C=O) groups excluding carboxylic acids is 4. The summed E-state index contributed by atoms with van der Waals surface area (Å²) in [6, 6.07) is 0. The predicted molar refractivity (Wildman–Crippen MR) is 65.5 cm³/mol. The summed E-state index contributed by atoms with van der Waals surface area (Å²) >= 11 is 0. The Morgan fingerprint density at radius 2 is 1.00 bits per heavy atom. The fraction of sp³-hybridized carbons (Fsp3) is 0.385. The molecule has 0 aliphatic carbocycles. The smallest absolute Gasteiger partial charge is 0.253 e. The molecule has 0 unspecified atom stereocenters. The summed E-state index contributed by atoms with van der Waals surface area (Å²) in [6.45, 7) is 3.92. The lowest BCUT2D eigenvalue weighted by molar-refractivity contribution is -0.140. The maximum absolute atomic E-state index is 11.5.